The quantitative estimate of drug-likeness (QED) is 0.578. The van der Waals surface area contributed by atoms with E-state index in [0.717, 1.165) is 12.0 Å². The molecule has 2 rings (SSSR count). The van der Waals surface area contributed by atoms with Gasteiger partial charge in [0, 0.05) is 0 Å². The van der Waals surface area contributed by atoms with Crippen LogP contribution in [0.25, 0.3) is 0 Å². The lowest BCUT2D eigenvalue weighted by molar-refractivity contribution is -0.339. The van der Waals surface area contributed by atoms with E-state index in [1.165, 1.54) is 0 Å². The maximum absolute atomic E-state index is 11.5. The van der Waals surface area contributed by atoms with Gasteiger partial charge in [0.1, 0.15) is 6.61 Å². The van der Waals surface area contributed by atoms with Crippen LogP contribution in [-0.2, 0) is 25.9 Å². The lowest BCUT2D eigenvalue weighted by Gasteiger charge is -2.19. The Labute approximate surface area is 94.0 Å². The summed E-state index contributed by atoms with van der Waals surface area (Å²) in [7, 11) is 0. The Morgan fingerprint density at radius 3 is 2.88 bits per heavy atom. The summed E-state index contributed by atoms with van der Waals surface area (Å²) in [5.41, 5.74) is 0.965. The molecule has 16 heavy (non-hydrogen) atoms. The van der Waals surface area contributed by atoms with E-state index in [1.807, 2.05) is 30.3 Å². The summed E-state index contributed by atoms with van der Waals surface area (Å²) in [6, 6.07) is 9.55. The molecule has 0 N–H and O–H groups in total. The molecule has 4 nitrogen and oxygen atoms in total. The molecule has 0 aromatic heterocycles. The molecule has 0 spiro atoms. The zero-order valence-electron chi connectivity index (χ0n) is 8.93. The van der Waals surface area contributed by atoms with Crippen LogP contribution in [0.3, 0.4) is 0 Å². The van der Waals surface area contributed by atoms with Crippen molar-refractivity contribution in [3.63, 3.8) is 0 Å². The van der Waals surface area contributed by atoms with Crippen molar-refractivity contribution < 1.29 is 19.3 Å². The highest BCUT2D eigenvalue weighted by Crippen LogP contribution is 2.12. The summed E-state index contributed by atoms with van der Waals surface area (Å²) in [5, 5.41) is 0. The lowest BCUT2D eigenvalue weighted by Crippen LogP contribution is -2.30. The van der Waals surface area contributed by atoms with Crippen molar-refractivity contribution in [3.8, 4) is 0 Å². The van der Waals surface area contributed by atoms with Crippen LogP contribution in [0.1, 0.15) is 18.4 Å². The number of benzene rings is 1. The lowest BCUT2D eigenvalue weighted by atomic mass is 10.2. The maximum Gasteiger partial charge on any atom is 0.338 e. The van der Waals surface area contributed by atoms with Crippen molar-refractivity contribution in [1.82, 2.24) is 0 Å². The number of ether oxygens (including phenoxy) is 1. The van der Waals surface area contributed by atoms with Crippen molar-refractivity contribution in [1.29, 1.82) is 0 Å². The highest BCUT2D eigenvalue weighted by Gasteiger charge is 2.24. The zero-order chi connectivity index (χ0) is 11.2. The molecular weight excluding hydrogens is 208 g/mol. The van der Waals surface area contributed by atoms with Crippen LogP contribution in [0.5, 0.6) is 0 Å². The first-order valence-corrected chi connectivity index (χ1v) is 5.35. The molecule has 0 saturated carbocycles. The number of carbonyl (C=O) groups excluding carboxylic acids is 1. The second-order valence-electron chi connectivity index (χ2n) is 3.64. The molecule has 1 aliphatic heterocycles. The Hall–Kier alpha value is -1.39. The Morgan fingerprint density at radius 1 is 1.38 bits per heavy atom. The minimum absolute atomic E-state index is 0.277. The van der Waals surface area contributed by atoms with Crippen molar-refractivity contribution in [2.45, 2.75) is 25.6 Å². The number of hydrogen-bond acceptors (Lipinski definition) is 4. The number of hydrogen-bond donors (Lipinski definition) is 0. The van der Waals surface area contributed by atoms with Crippen LogP contribution in [0.4, 0.5) is 0 Å². The van der Waals surface area contributed by atoms with Crippen molar-refractivity contribution >= 4 is 5.97 Å². The van der Waals surface area contributed by atoms with Gasteiger partial charge < -0.3 is 4.74 Å². The summed E-state index contributed by atoms with van der Waals surface area (Å²) >= 11 is 0. The van der Waals surface area contributed by atoms with Crippen LogP contribution >= 0.6 is 0 Å². The Balaban J connectivity index is 1.79. The van der Waals surface area contributed by atoms with Crippen LogP contribution in [0.2, 0.25) is 0 Å². The van der Waals surface area contributed by atoms with Gasteiger partial charge in [-0.05, 0) is 18.4 Å². The zero-order valence-corrected chi connectivity index (χ0v) is 8.93. The molecule has 4 heteroatoms. The first-order chi connectivity index (χ1) is 7.86. The van der Waals surface area contributed by atoms with Gasteiger partial charge in [-0.25, -0.2) is 14.6 Å². The fraction of sp³-hybridized carbons (Fsp3) is 0.417. The van der Waals surface area contributed by atoms with Crippen LogP contribution in [0.15, 0.2) is 30.3 Å². The van der Waals surface area contributed by atoms with E-state index in [0.29, 0.717) is 13.0 Å². The fourth-order valence-electron chi connectivity index (χ4n) is 1.48. The van der Waals surface area contributed by atoms with Gasteiger partial charge in [0.25, 0.3) is 0 Å². The van der Waals surface area contributed by atoms with Gasteiger partial charge >= 0.3 is 5.97 Å². The average Bonchev–Trinajstić information content (AvgIpc) is 2.38. The van der Waals surface area contributed by atoms with E-state index in [2.05, 4.69) is 0 Å². The van der Waals surface area contributed by atoms with Gasteiger partial charge in [-0.3, -0.25) is 0 Å². The average molecular weight is 222 g/mol. The Kier molecular flexibility index (Phi) is 3.91. The van der Waals surface area contributed by atoms with Gasteiger partial charge in [-0.15, -0.1) is 0 Å². The summed E-state index contributed by atoms with van der Waals surface area (Å²) in [4.78, 5) is 21.2. The van der Waals surface area contributed by atoms with E-state index in [-0.39, 0.29) is 12.6 Å². The molecule has 1 saturated heterocycles. The minimum Gasteiger partial charge on any atom is -0.459 e. The molecule has 1 heterocycles. The second-order valence-corrected chi connectivity index (χ2v) is 3.64. The Morgan fingerprint density at radius 2 is 2.19 bits per heavy atom. The van der Waals surface area contributed by atoms with Gasteiger partial charge in [0.15, 0.2) is 6.10 Å². The first-order valence-electron chi connectivity index (χ1n) is 5.35. The number of rotatable bonds is 3. The third kappa shape index (κ3) is 3.05. The molecule has 1 atom stereocenters. The summed E-state index contributed by atoms with van der Waals surface area (Å²) in [6.45, 7) is 0.821. The predicted molar refractivity (Wildman–Crippen MR) is 56.3 cm³/mol. The molecule has 1 aromatic carbocycles. The topological polar surface area (TPSA) is 44.8 Å². The van der Waals surface area contributed by atoms with Crippen LogP contribution < -0.4 is 0 Å². The van der Waals surface area contributed by atoms with Gasteiger partial charge in [-0.2, -0.15) is 0 Å². The molecule has 0 bridgehead atoms. The number of esters is 1. The third-order valence-electron chi connectivity index (χ3n) is 2.36. The molecular formula is C12H14O4. The van der Waals surface area contributed by atoms with Gasteiger partial charge in [0.05, 0.1) is 6.61 Å². The maximum atomic E-state index is 11.5. The van der Waals surface area contributed by atoms with E-state index < -0.39 is 6.10 Å². The highest BCUT2D eigenvalue weighted by atomic mass is 17.2. The van der Waals surface area contributed by atoms with E-state index in [9.17, 15) is 4.79 Å². The van der Waals surface area contributed by atoms with Gasteiger partial charge in [-0.1, -0.05) is 30.3 Å². The minimum atomic E-state index is -0.572. The summed E-state index contributed by atoms with van der Waals surface area (Å²) in [6.07, 6.45) is 0.913. The molecule has 1 aliphatic rings. The van der Waals surface area contributed by atoms with Crippen LogP contribution in [-0.4, -0.2) is 18.7 Å². The second kappa shape index (κ2) is 5.63. The van der Waals surface area contributed by atoms with E-state index in [1.54, 1.807) is 0 Å². The van der Waals surface area contributed by atoms with Gasteiger partial charge in [0.2, 0.25) is 0 Å². The molecule has 0 radical (unpaired) electrons. The third-order valence-corrected chi connectivity index (χ3v) is 2.36. The molecule has 0 amide bonds. The molecule has 0 aliphatic carbocycles. The van der Waals surface area contributed by atoms with Crippen molar-refractivity contribution in [2.75, 3.05) is 6.61 Å². The highest BCUT2D eigenvalue weighted by molar-refractivity contribution is 5.74. The number of carbonyl (C=O) groups is 1. The molecule has 1 aromatic rings. The molecule has 1 fully saturated rings. The van der Waals surface area contributed by atoms with Crippen molar-refractivity contribution in [3.05, 3.63) is 35.9 Å². The smallest absolute Gasteiger partial charge is 0.338 e. The SMILES string of the molecule is O=C(OCc1ccccc1)C1CCCOO1. The fourth-order valence-corrected chi connectivity index (χ4v) is 1.48. The summed E-state index contributed by atoms with van der Waals surface area (Å²) in [5.74, 6) is -0.358. The Bertz CT molecular complexity index is 330. The molecule has 86 valence electrons. The largest absolute Gasteiger partial charge is 0.459 e. The van der Waals surface area contributed by atoms with E-state index >= 15 is 0 Å². The predicted octanol–water partition coefficient (Wildman–Crippen LogP) is 1.84. The van der Waals surface area contributed by atoms with Crippen molar-refractivity contribution in [2.24, 2.45) is 0 Å². The standard InChI is InChI=1S/C12H14O4/c13-12(11-7-4-8-15-16-11)14-9-10-5-2-1-3-6-10/h1-3,5-6,11H,4,7-9H2. The first kappa shape index (κ1) is 11.1. The van der Waals surface area contributed by atoms with E-state index in [4.69, 9.17) is 14.5 Å². The van der Waals surface area contributed by atoms with Crippen LogP contribution in [0, 0.1) is 0 Å². The molecule has 1 unspecified atom stereocenters. The normalized spacial score (nSPS) is 20.4. The summed E-state index contributed by atoms with van der Waals surface area (Å²) < 4.78 is 5.12. The monoisotopic (exact) mass is 222 g/mol.